The minimum absolute atomic E-state index is 0.0943. The highest BCUT2D eigenvalue weighted by atomic mass is 35.5. The van der Waals surface area contributed by atoms with Crippen molar-refractivity contribution in [1.29, 1.82) is 0 Å². The third kappa shape index (κ3) is 3.07. The van der Waals surface area contributed by atoms with Gasteiger partial charge in [0.15, 0.2) is 0 Å². The topological polar surface area (TPSA) is 61.0 Å². The smallest absolute Gasteiger partial charge is 0.225 e. The van der Waals surface area contributed by atoms with E-state index in [4.69, 9.17) is 22.1 Å². The molecule has 88 valence electrons. The Morgan fingerprint density at radius 3 is 2.29 bits per heavy atom. The molecule has 0 aliphatic carbocycles. The van der Waals surface area contributed by atoms with E-state index in [2.05, 4.69) is 16.0 Å². The molecule has 0 radical (unpaired) electrons. The third-order valence-electron chi connectivity index (χ3n) is 2.11. The fourth-order valence-electron chi connectivity index (χ4n) is 1.58. The van der Waals surface area contributed by atoms with Gasteiger partial charge in [0.25, 0.3) is 0 Å². The van der Waals surface area contributed by atoms with Crippen molar-refractivity contribution in [3.63, 3.8) is 0 Å². The van der Waals surface area contributed by atoms with Gasteiger partial charge in [-0.25, -0.2) is 4.98 Å². The highest BCUT2D eigenvalue weighted by Crippen LogP contribution is 2.24. The molecule has 2 rings (SSSR count). The fourth-order valence-corrected chi connectivity index (χ4v) is 1.76. The van der Waals surface area contributed by atoms with E-state index in [9.17, 15) is 0 Å². The Morgan fingerprint density at radius 1 is 1.06 bits per heavy atom. The van der Waals surface area contributed by atoms with E-state index in [0.29, 0.717) is 11.6 Å². The number of benzene rings is 1. The van der Waals surface area contributed by atoms with Crippen LogP contribution in [0.25, 0.3) is 0 Å². The normalized spacial score (nSPS) is 10.3. The Balaban J connectivity index is 2.31. The first-order valence-electron chi connectivity index (χ1n) is 5.09. The van der Waals surface area contributed by atoms with Crippen molar-refractivity contribution in [2.24, 2.45) is 0 Å². The number of nitrogens with zero attached hydrogens (tertiary/aromatic N) is 2. The molecule has 2 aromatic rings. The lowest BCUT2D eigenvalue weighted by Crippen LogP contribution is -1.97. The van der Waals surface area contributed by atoms with Crippen LogP contribution in [0.3, 0.4) is 0 Å². The van der Waals surface area contributed by atoms with Crippen molar-refractivity contribution in [3.05, 3.63) is 40.5 Å². The quantitative estimate of drug-likeness (QED) is 0.831. The minimum Gasteiger partial charge on any atom is -0.439 e. The van der Waals surface area contributed by atoms with Crippen molar-refractivity contribution in [2.75, 3.05) is 5.73 Å². The number of nitrogen functional groups attached to an aromatic ring is 1. The van der Waals surface area contributed by atoms with Gasteiger partial charge in [0.2, 0.25) is 11.8 Å². The molecular formula is C12H12ClN3O. The predicted octanol–water partition coefficient (Wildman–Crippen LogP) is 3.12. The minimum atomic E-state index is 0.0943. The summed E-state index contributed by atoms with van der Waals surface area (Å²) in [6, 6.07) is 7.42. The maximum absolute atomic E-state index is 5.77. The zero-order valence-corrected chi connectivity index (χ0v) is 10.3. The molecule has 4 nitrogen and oxygen atoms in total. The molecule has 1 aromatic heterocycles. The molecule has 0 spiro atoms. The van der Waals surface area contributed by atoms with Crippen LogP contribution >= 0.6 is 11.6 Å². The van der Waals surface area contributed by atoms with Gasteiger partial charge in [0, 0.05) is 6.07 Å². The summed E-state index contributed by atoms with van der Waals surface area (Å²) < 4.78 is 5.59. The molecule has 0 bridgehead atoms. The maximum atomic E-state index is 5.77. The van der Waals surface area contributed by atoms with Gasteiger partial charge in [-0.1, -0.05) is 17.7 Å². The van der Waals surface area contributed by atoms with Gasteiger partial charge in [0.05, 0.1) is 0 Å². The summed E-state index contributed by atoms with van der Waals surface area (Å²) in [6.07, 6.45) is 0. The van der Waals surface area contributed by atoms with E-state index in [1.165, 1.54) is 6.07 Å². The number of halogens is 1. The van der Waals surface area contributed by atoms with Crippen LogP contribution in [0.15, 0.2) is 24.3 Å². The predicted molar refractivity (Wildman–Crippen MR) is 67.4 cm³/mol. The molecule has 0 saturated carbocycles. The highest BCUT2D eigenvalue weighted by molar-refractivity contribution is 6.29. The molecule has 1 aromatic carbocycles. The number of aromatic nitrogens is 2. The summed E-state index contributed by atoms with van der Waals surface area (Å²) in [5.41, 5.74) is 7.72. The van der Waals surface area contributed by atoms with Crippen LogP contribution in [-0.2, 0) is 0 Å². The van der Waals surface area contributed by atoms with Crippen molar-refractivity contribution < 1.29 is 4.74 Å². The zero-order valence-electron chi connectivity index (χ0n) is 9.57. The largest absolute Gasteiger partial charge is 0.439 e. The number of rotatable bonds is 2. The molecule has 2 N–H and O–H groups in total. The van der Waals surface area contributed by atoms with Gasteiger partial charge in [0.1, 0.15) is 10.9 Å². The summed E-state index contributed by atoms with van der Waals surface area (Å²) in [6.45, 7) is 4.00. The van der Waals surface area contributed by atoms with Crippen LogP contribution in [0.5, 0.6) is 11.6 Å². The summed E-state index contributed by atoms with van der Waals surface area (Å²) >= 11 is 5.77. The van der Waals surface area contributed by atoms with Gasteiger partial charge in [-0.15, -0.1) is 0 Å². The van der Waals surface area contributed by atoms with Crippen molar-refractivity contribution in [2.45, 2.75) is 13.8 Å². The molecule has 0 amide bonds. The van der Waals surface area contributed by atoms with Crippen LogP contribution in [0.4, 0.5) is 5.95 Å². The highest BCUT2D eigenvalue weighted by Gasteiger charge is 2.04. The van der Waals surface area contributed by atoms with Gasteiger partial charge in [-0.3, -0.25) is 0 Å². The molecule has 1 heterocycles. The average molecular weight is 250 g/mol. The summed E-state index contributed by atoms with van der Waals surface area (Å²) in [5.74, 6) is 1.14. The van der Waals surface area contributed by atoms with Gasteiger partial charge in [-0.2, -0.15) is 4.98 Å². The molecular weight excluding hydrogens is 238 g/mol. The summed E-state index contributed by atoms with van der Waals surface area (Å²) in [5, 5.41) is 0.261. The van der Waals surface area contributed by atoms with E-state index in [-0.39, 0.29) is 11.1 Å². The maximum Gasteiger partial charge on any atom is 0.225 e. The molecule has 0 unspecified atom stereocenters. The van der Waals surface area contributed by atoms with Crippen LogP contribution in [0.2, 0.25) is 5.15 Å². The average Bonchev–Trinajstić information content (AvgIpc) is 2.13. The summed E-state index contributed by atoms with van der Waals surface area (Å²) in [7, 11) is 0. The standard InChI is InChI=1S/C12H12ClN3O/c1-7-3-8(2)5-9(4-7)17-11-6-10(13)15-12(14)16-11/h3-6H,1-2H3,(H2,14,15,16). The molecule has 0 saturated heterocycles. The molecule has 17 heavy (non-hydrogen) atoms. The number of hydrogen-bond donors (Lipinski definition) is 1. The Bertz CT molecular complexity index is 467. The van der Waals surface area contributed by atoms with E-state index in [1.807, 2.05) is 26.0 Å². The van der Waals surface area contributed by atoms with E-state index < -0.39 is 0 Å². The van der Waals surface area contributed by atoms with Gasteiger partial charge in [-0.05, 0) is 37.1 Å². The number of aryl methyl sites for hydroxylation is 2. The number of ether oxygens (including phenoxy) is 1. The van der Waals surface area contributed by atoms with E-state index >= 15 is 0 Å². The molecule has 5 heteroatoms. The first-order valence-corrected chi connectivity index (χ1v) is 5.47. The third-order valence-corrected chi connectivity index (χ3v) is 2.30. The Kier molecular flexibility index (Phi) is 3.15. The monoisotopic (exact) mass is 249 g/mol. The van der Waals surface area contributed by atoms with Crippen LogP contribution < -0.4 is 10.5 Å². The second-order valence-electron chi connectivity index (χ2n) is 3.81. The zero-order chi connectivity index (χ0) is 12.4. The lowest BCUT2D eigenvalue weighted by atomic mass is 10.1. The lowest BCUT2D eigenvalue weighted by Gasteiger charge is -2.07. The van der Waals surface area contributed by atoms with Crippen LogP contribution in [0.1, 0.15) is 11.1 Å². The number of nitrogens with two attached hydrogens (primary N) is 1. The lowest BCUT2D eigenvalue weighted by molar-refractivity contribution is 0.462. The van der Waals surface area contributed by atoms with E-state index in [1.54, 1.807) is 0 Å². The first-order chi connectivity index (χ1) is 8.02. The SMILES string of the molecule is Cc1cc(C)cc(Oc2cc(Cl)nc(N)n2)c1. The number of anilines is 1. The second-order valence-corrected chi connectivity index (χ2v) is 4.20. The second kappa shape index (κ2) is 4.59. The fraction of sp³-hybridized carbons (Fsp3) is 0.167. The van der Waals surface area contributed by atoms with Crippen molar-refractivity contribution in [1.82, 2.24) is 9.97 Å². The first kappa shape index (κ1) is 11.7. The number of hydrogen-bond acceptors (Lipinski definition) is 4. The Hall–Kier alpha value is -1.81. The molecule has 0 aliphatic heterocycles. The summed E-state index contributed by atoms with van der Waals surface area (Å²) in [4.78, 5) is 7.71. The van der Waals surface area contributed by atoms with Crippen molar-refractivity contribution in [3.8, 4) is 11.6 Å². The van der Waals surface area contributed by atoms with Gasteiger partial charge >= 0.3 is 0 Å². The van der Waals surface area contributed by atoms with Gasteiger partial charge < -0.3 is 10.5 Å². The molecule has 0 fully saturated rings. The molecule has 0 aliphatic rings. The Labute approximate surface area is 104 Å². The molecule has 0 atom stereocenters. The van der Waals surface area contributed by atoms with Crippen LogP contribution in [-0.4, -0.2) is 9.97 Å². The van der Waals surface area contributed by atoms with Crippen molar-refractivity contribution >= 4 is 17.5 Å². The van der Waals surface area contributed by atoms with Crippen LogP contribution in [0, 0.1) is 13.8 Å². The van der Waals surface area contributed by atoms with E-state index in [0.717, 1.165) is 11.1 Å². The Morgan fingerprint density at radius 2 is 1.71 bits per heavy atom.